The SMILES string of the molecule is CCCc1cncnc1N1CCC(N2CCN(Cc3ccccn3)CC2)CC1. The molecule has 150 valence electrons. The van der Waals surface area contributed by atoms with Crippen molar-refractivity contribution in [2.45, 2.75) is 45.2 Å². The lowest BCUT2D eigenvalue weighted by atomic mass is 10.0. The fourth-order valence-corrected chi connectivity index (χ4v) is 4.53. The van der Waals surface area contributed by atoms with Crippen molar-refractivity contribution in [3.8, 4) is 0 Å². The zero-order chi connectivity index (χ0) is 19.2. The molecular formula is C22H32N6. The monoisotopic (exact) mass is 380 g/mol. The summed E-state index contributed by atoms with van der Waals surface area (Å²) in [6.45, 7) is 10.0. The topological polar surface area (TPSA) is 48.4 Å². The van der Waals surface area contributed by atoms with Crippen molar-refractivity contribution in [2.24, 2.45) is 0 Å². The van der Waals surface area contributed by atoms with Gasteiger partial charge < -0.3 is 4.90 Å². The van der Waals surface area contributed by atoms with Gasteiger partial charge in [-0.05, 0) is 31.4 Å². The second-order valence-electron chi connectivity index (χ2n) is 7.97. The maximum absolute atomic E-state index is 4.60. The number of nitrogens with zero attached hydrogens (tertiary/aromatic N) is 6. The normalized spacial score (nSPS) is 19.8. The first-order valence-corrected chi connectivity index (χ1v) is 10.7. The molecule has 2 aromatic rings. The van der Waals surface area contributed by atoms with Gasteiger partial charge in [-0.1, -0.05) is 19.4 Å². The Labute approximate surface area is 168 Å². The molecular weight excluding hydrogens is 348 g/mol. The van der Waals surface area contributed by atoms with Crippen LogP contribution in [-0.2, 0) is 13.0 Å². The second-order valence-corrected chi connectivity index (χ2v) is 7.97. The third-order valence-electron chi connectivity index (χ3n) is 6.08. The van der Waals surface area contributed by atoms with Crippen LogP contribution in [0.2, 0.25) is 0 Å². The smallest absolute Gasteiger partial charge is 0.135 e. The lowest BCUT2D eigenvalue weighted by Gasteiger charge is -2.43. The van der Waals surface area contributed by atoms with Gasteiger partial charge in [0.2, 0.25) is 0 Å². The molecule has 28 heavy (non-hydrogen) atoms. The van der Waals surface area contributed by atoms with Crippen LogP contribution in [0.1, 0.15) is 37.4 Å². The molecule has 4 rings (SSSR count). The number of hydrogen-bond acceptors (Lipinski definition) is 6. The Hall–Kier alpha value is -2.05. The number of rotatable bonds is 6. The molecule has 4 heterocycles. The number of pyridine rings is 1. The van der Waals surface area contributed by atoms with Crippen LogP contribution in [-0.4, -0.2) is 70.1 Å². The molecule has 0 amide bonds. The summed E-state index contributed by atoms with van der Waals surface area (Å²) < 4.78 is 0. The summed E-state index contributed by atoms with van der Waals surface area (Å²) in [5.74, 6) is 1.16. The first-order valence-electron chi connectivity index (χ1n) is 10.7. The molecule has 0 unspecified atom stereocenters. The van der Waals surface area contributed by atoms with Crippen molar-refractivity contribution in [1.82, 2.24) is 24.8 Å². The average molecular weight is 381 g/mol. The standard InChI is InChI=1S/C22H32N6/c1-2-5-19-16-23-18-25-22(19)28-10-7-21(8-11-28)27-14-12-26(13-15-27)17-20-6-3-4-9-24-20/h3-4,6,9,16,18,21H,2,5,7-8,10-15,17H2,1H3. The van der Waals surface area contributed by atoms with E-state index in [-0.39, 0.29) is 0 Å². The molecule has 2 aromatic heterocycles. The van der Waals surface area contributed by atoms with Crippen LogP contribution in [0, 0.1) is 0 Å². The van der Waals surface area contributed by atoms with Crippen molar-refractivity contribution in [2.75, 3.05) is 44.2 Å². The summed E-state index contributed by atoms with van der Waals surface area (Å²) >= 11 is 0. The van der Waals surface area contributed by atoms with E-state index in [1.165, 1.54) is 37.2 Å². The number of piperidine rings is 1. The summed E-state index contributed by atoms with van der Waals surface area (Å²) in [5, 5.41) is 0. The van der Waals surface area contributed by atoms with Gasteiger partial charge in [0, 0.05) is 69.8 Å². The molecule has 2 aliphatic rings. The number of anilines is 1. The first kappa shape index (κ1) is 19.3. The van der Waals surface area contributed by atoms with E-state index in [0.29, 0.717) is 6.04 Å². The highest BCUT2D eigenvalue weighted by molar-refractivity contribution is 5.46. The van der Waals surface area contributed by atoms with Crippen LogP contribution >= 0.6 is 0 Å². The van der Waals surface area contributed by atoms with Crippen molar-refractivity contribution >= 4 is 5.82 Å². The van der Waals surface area contributed by atoms with Gasteiger partial charge in [-0.25, -0.2) is 9.97 Å². The highest BCUT2D eigenvalue weighted by Gasteiger charge is 2.28. The Morgan fingerprint density at radius 2 is 1.82 bits per heavy atom. The van der Waals surface area contributed by atoms with Gasteiger partial charge in [-0.3, -0.25) is 14.8 Å². The van der Waals surface area contributed by atoms with Crippen LogP contribution < -0.4 is 4.90 Å². The minimum atomic E-state index is 0.713. The van der Waals surface area contributed by atoms with E-state index >= 15 is 0 Å². The summed E-state index contributed by atoms with van der Waals surface area (Å²) in [7, 11) is 0. The van der Waals surface area contributed by atoms with Crippen LogP contribution in [0.15, 0.2) is 36.9 Å². The highest BCUT2D eigenvalue weighted by Crippen LogP contribution is 2.25. The van der Waals surface area contributed by atoms with Crippen LogP contribution in [0.3, 0.4) is 0 Å². The molecule has 0 atom stereocenters. The molecule has 0 aliphatic carbocycles. The van der Waals surface area contributed by atoms with Crippen LogP contribution in [0.4, 0.5) is 5.82 Å². The maximum Gasteiger partial charge on any atom is 0.135 e. The van der Waals surface area contributed by atoms with Crippen molar-refractivity contribution in [1.29, 1.82) is 0 Å². The second kappa shape index (κ2) is 9.43. The van der Waals surface area contributed by atoms with Crippen LogP contribution in [0.5, 0.6) is 0 Å². The maximum atomic E-state index is 4.60. The third-order valence-corrected chi connectivity index (χ3v) is 6.08. The van der Waals surface area contributed by atoms with Gasteiger partial charge in [-0.2, -0.15) is 0 Å². The lowest BCUT2D eigenvalue weighted by molar-refractivity contribution is 0.0804. The average Bonchev–Trinajstić information content (AvgIpc) is 2.76. The van der Waals surface area contributed by atoms with Crippen molar-refractivity contribution < 1.29 is 0 Å². The third kappa shape index (κ3) is 4.67. The molecule has 0 bridgehead atoms. The fourth-order valence-electron chi connectivity index (χ4n) is 4.53. The van der Waals surface area contributed by atoms with E-state index in [0.717, 1.165) is 51.4 Å². The zero-order valence-electron chi connectivity index (χ0n) is 17.0. The van der Waals surface area contributed by atoms with Gasteiger partial charge in [0.1, 0.15) is 12.1 Å². The summed E-state index contributed by atoms with van der Waals surface area (Å²) in [5.41, 5.74) is 2.48. The Balaban J connectivity index is 1.26. The van der Waals surface area contributed by atoms with E-state index in [1.54, 1.807) is 6.33 Å². The molecule has 6 nitrogen and oxygen atoms in total. The minimum Gasteiger partial charge on any atom is -0.356 e. The van der Waals surface area contributed by atoms with Crippen molar-refractivity contribution in [3.63, 3.8) is 0 Å². The molecule has 0 aromatic carbocycles. The van der Waals surface area contributed by atoms with Gasteiger partial charge in [-0.15, -0.1) is 0 Å². The number of hydrogen-bond donors (Lipinski definition) is 0. The number of piperazine rings is 1. The van der Waals surface area contributed by atoms with Crippen molar-refractivity contribution in [3.05, 3.63) is 48.2 Å². The Morgan fingerprint density at radius 3 is 2.54 bits per heavy atom. The zero-order valence-corrected chi connectivity index (χ0v) is 17.0. The van der Waals surface area contributed by atoms with E-state index in [9.17, 15) is 0 Å². The fraction of sp³-hybridized carbons (Fsp3) is 0.591. The molecule has 0 radical (unpaired) electrons. The lowest BCUT2D eigenvalue weighted by Crippen LogP contribution is -2.53. The minimum absolute atomic E-state index is 0.713. The number of aryl methyl sites for hydroxylation is 1. The van der Waals surface area contributed by atoms with E-state index in [1.807, 2.05) is 18.5 Å². The molecule has 0 N–H and O–H groups in total. The summed E-state index contributed by atoms with van der Waals surface area (Å²) in [6.07, 6.45) is 10.3. The van der Waals surface area contributed by atoms with Crippen LogP contribution in [0.25, 0.3) is 0 Å². The Bertz CT molecular complexity index is 721. The number of aromatic nitrogens is 3. The Kier molecular flexibility index (Phi) is 6.49. The highest BCUT2D eigenvalue weighted by atomic mass is 15.3. The predicted molar refractivity (Wildman–Crippen MR) is 112 cm³/mol. The molecule has 2 fully saturated rings. The van der Waals surface area contributed by atoms with E-state index in [2.05, 4.69) is 48.7 Å². The van der Waals surface area contributed by atoms with Gasteiger partial charge in [0.25, 0.3) is 0 Å². The predicted octanol–water partition coefficient (Wildman–Crippen LogP) is 2.61. The molecule has 6 heteroatoms. The van der Waals surface area contributed by atoms with E-state index < -0.39 is 0 Å². The molecule has 0 spiro atoms. The summed E-state index contributed by atoms with van der Waals surface area (Å²) in [4.78, 5) is 21.0. The van der Waals surface area contributed by atoms with Gasteiger partial charge in [0.15, 0.2) is 0 Å². The molecule has 2 saturated heterocycles. The Morgan fingerprint density at radius 1 is 1.00 bits per heavy atom. The summed E-state index contributed by atoms with van der Waals surface area (Å²) in [6, 6.07) is 6.91. The quantitative estimate of drug-likeness (QED) is 0.768. The first-order chi connectivity index (χ1) is 13.8. The molecule has 2 aliphatic heterocycles. The molecule has 0 saturated carbocycles. The van der Waals surface area contributed by atoms with Gasteiger partial charge >= 0.3 is 0 Å². The van der Waals surface area contributed by atoms with Gasteiger partial charge in [0.05, 0.1) is 5.69 Å². The van der Waals surface area contributed by atoms with E-state index in [4.69, 9.17) is 0 Å². The largest absolute Gasteiger partial charge is 0.356 e.